The van der Waals surface area contributed by atoms with Crippen molar-refractivity contribution >= 4 is 26.4 Å². The highest BCUT2D eigenvalue weighted by Gasteiger charge is 2.12. The molecule has 0 amide bonds. The molecule has 0 bridgehead atoms. The molecule has 0 saturated heterocycles. The highest BCUT2D eigenvalue weighted by Crippen LogP contribution is 2.23. The van der Waals surface area contributed by atoms with Crippen molar-refractivity contribution in [3.8, 4) is 0 Å². The average Bonchev–Trinajstić information content (AvgIpc) is 2.93. The van der Waals surface area contributed by atoms with E-state index in [2.05, 4.69) is 10.3 Å². The summed E-state index contributed by atoms with van der Waals surface area (Å²) in [5, 5.41) is 4.37. The van der Waals surface area contributed by atoms with E-state index in [0.717, 1.165) is 16.5 Å². The summed E-state index contributed by atoms with van der Waals surface area (Å²) in [6, 6.07) is 15.0. The minimum Gasteiger partial charge on any atom is -0.380 e. The molecule has 3 rings (SSSR count). The average molecular weight is 300 g/mol. The summed E-state index contributed by atoms with van der Waals surface area (Å²) < 4.78 is 23.6. The fraction of sp³-hybridized carbons (Fsp3) is 0.125. The number of fused-ring (bicyclic) bond motifs is 1. The van der Waals surface area contributed by atoms with E-state index in [9.17, 15) is 8.42 Å². The molecule has 3 aromatic rings. The van der Waals surface area contributed by atoms with Gasteiger partial charge in [0, 0.05) is 29.9 Å². The predicted octanol–water partition coefficient (Wildman–Crippen LogP) is 3.18. The Kier molecular flexibility index (Phi) is 3.43. The van der Waals surface area contributed by atoms with Gasteiger partial charge in [0.25, 0.3) is 0 Å². The Bertz CT molecular complexity index is 882. The molecule has 1 heterocycles. The number of aromatic nitrogens is 1. The second-order valence-corrected chi connectivity index (χ2v) is 6.96. The zero-order valence-electron chi connectivity index (χ0n) is 11.6. The molecule has 2 N–H and O–H groups in total. The summed E-state index contributed by atoms with van der Waals surface area (Å²) >= 11 is 0. The highest BCUT2D eigenvalue weighted by molar-refractivity contribution is 7.90. The quantitative estimate of drug-likeness (QED) is 0.778. The third kappa shape index (κ3) is 2.78. The molecule has 108 valence electrons. The van der Waals surface area contributed by atoms with E-state index in [1.54, 1.807) is 18.2 Å². The van der Waals surface area contributed by atoms with Crippen molar-refractivity contribution in [2.45, 2.75) is 11.4 Å². The lowest BCUT2D eigenvalue weighted by atomic mass is 10.1. The number of anilines is 1. The van der Waals surface area contributed by atoms with Crippen LogP contribution in [0, 0.1) is 0 Å². The summed E-state index contributed by atoms with van der Waals surface area (Å²) in [7, 11) is -3.24. The molecule has 1 aromatic heterocycles. The minimum atomic E-state index is -3.24. The largest absolute Gasteiger partial charge is 0.380 e. The maximum absolute atomic E-state index is 11.8. The highest BCUT2D eigenvalue weighted by atomic mass is 32.2. The Morgan fingerprint density at radius 3 is 2.67 bits per heavy atom. The minimum absolute atomic E-state index is 0.325. The lowest BCUT2D eigenvalue weighted by Crippen LogP contribution is -2.06. The number of hydrogen-bond acceptors (Lipinski definition) is 3. The first-order chi connectivity index (χ1) is 10.1. The van der Waals surface area contributed by atoms with E-state index >= 15 is 0 Å². The first kappa shape index (κ1) is 13.7. The van der Waals surface area contributed by atoms with Gasteiger partial charge in [-0.1, -0.05) is 24.3 Å². The maximum atomic E-state index is 11.8. The Hall–Kier alpha value is -2.27. The first-order valence-corrected chi connectivity index (χ1v) is 8.53. The molecule has 0 unspecified atom stereocenters. The summed E-state index contributed by atoms with van der Waals surface area (Å²) in [6.45, 7) is 0.571. The van der Waals surface area contributed by atoms with Crippen LogP contribution in [0.25, 0.3) is 10.9 Å². The van der Waals surface area contributed by atoms with E-state index in [4.69, 9.17) is 0 Å². The SMILES string of the molecule is CS(=O)(=O)c1ccccc1NCc1cccc2[nH]ccc12. The molecule has 0 radical (unpaired) electrons. The molecule has 2 aromatic carbocycles. The van der Waals surface area contributed by atoms with Crippen molar-refractivity contribution in [1.29, 1.82) is 0 Å². The van der Waals surface area contributed by atoms with Crippen molar-refractivity contribution in [1.82, 2.24) is 4.98 Å². The van der Waals surface area contributed by atoms with Crippen molar-refractivity contribution in [3.05, 3.63) is 60.3 Å². The maximum Gasteiger partial charge on any atom is 0.177 e. The molecular formula is C16H16N2O2S. The van der Waals surface area contributed by atoms with Crippen molar-refractivity contribution in [2.75, 3.05) is 11.6 Å². The summed E-state index contributed by atoms with van der Waals surface area (Å²) in [5.41, 5.74) is 2.83. The van der Waals surface area contributed by atoms with Gasteiger partial charge in [-0.2, -0.15) is 0 Å². The van der Waals surface area contributed by atoms with Crippen molar-refractivity contribution < 1.29 is 8.42 Å². The number of nitrogens with one attached hydrogen (secondary N) is 2. The van der Waals surface area contributed by atoms with Crippen LogP contribution in [0.4, 0.5) is 5.69 Å². The molecular weight excluding hydrogens is 284 g/mol. The van der Waals surface area contributed by atoms with Crippen LogP contribution >= 0.6 is 0 Å². The smallest absolute Gasteiger partial charge is 0.177 e. The molecule has 0 saturated carbocycles. The topological polar surface area (TPSA) is 62.0 Å². The molecule has 0 aliphatic rings. The third-order valence-electron chi connectivity index (χ3n) is 3.44. The number of H-pyrrole nitrogens is 1. The van der Waals surface area contributed by atoms with Gasteiger partial charge in [-0.3, -0.25) is 0 Å². The van der Waals surface area contributed by atoms with Crippen LogP contribution in [0.3, 0.4) is 0 Å². The fourth-order valence-electron chi connectivity index (χ4n) is 2.43. The van der Waals surface area contributed by atoms with E-state index in [0.29, 0.717) is 17.1 Å². The van der Waals surface area contributed by atoms with Crippen molar-refractivity contribution in [2.24, 2.45) is 0 Å². The first-order valence-electron chi connectivity index (χ1n) is 6.63. The Balaban J connectivity index is 1.91. The van der Waals surface area contributed by atoms with Crippen LogP contribution in [-0.2, 0) is 16.4 Å². The van der Waals surface area contributed by atoms with Crippen LogP contribution in [0.15, 0.2) is 59.6 Å². The van der Waals surface area contributed by atoms with Crippen LogP contribution in [-0.4, -0.2) is 19.7 Å². The van der Waals surface area contributed by atoms with E-state index < -0.39 is 9.84 Å². The third-order valence-corrected chi connectivity index (χ3v) is 4.60. The van der Waals surface area contributed by atoms with Gasteiger partial charge in [0.05, 0.1) is 10.6 Å². The van der Waals surface area contributed by atoms with Gasteiger partial charge in [0.1, 0.15) is 0 Å². The second kappa shape index (κ2) is 5.26. The number of benzene rings is 2. The van der Waals surface area contributed by atoms with Crippen molar-refractivity contribution in [3.63, 3.8) is 0 Å². The van der Waals surface area contributed by atoms with E-state index in [1.807, 2.05) is 36.5 Å². The molecule has 4 nitrogen and oxygen atoms in total. The van der Waals surface area contributed by atoms with Crippen LogP contribution in [0.2, 0.25) is 0 Å². The number of hydrogen-bond donors (Lipinski definition) is 2. The Morgan fingerprint density at radius 1 is 1.05 bits per heavy atom. The van der Waals surface area contributed by atoms with Gasteiger partial charge in [-0.05, 0) is 29.8 Å². The molecule has 21 heavy (non-hydrogen) atoms. The lowest BCUT2D eigenvalue weighted by Gasteiger charge is -2.11. The van der Waals surface area contributed by atoms with Gasteiger partial charge < -0.3 is 10.3 Å². The zero-order valence-corrected chi connectivity index (χ0v) is 12.4. The number of sulfone groups is 1. The number of para-hydroxylation sites is 1. The molecule has 0 aliphatic heterocycles. The predicted molar refractivity (Wildman–Crippen MR) is 85.2 cm³/mol. The Labute approximate surface area is 123 Å². The van der Waals surface area contributed by atoms with E-state index in [-0.39, 0.29) is 0 Å². The number of aromatic amines is 1. The molecule has 0 atom stereocenters. The van der Waals surface area contributed by atoms with Gasteiger partial charge >= 0.3 is 0 Å². The van der Waals surface area contributed by atoms with Gasteiger partial charge in [0.2, 0.25) is 0 Å². The van der Waals surface area contributed by atoms with Gasteiger partial charge in [-0.25, -0.2) is 8.42 Å². The van der Waals surface area contributed by atoms with Crippen LogP contribution < -0.4 is 5.32 Å². The standard InChI is InChI=1S/C16H16N2O2S/c1-21(19,20)16-8-3-2-6-15(16)18-11-12-5-4-7-14-13(12)9-10-17-14/h2-10,17-18H,11H2,1H3. The Morgan fingerprint density at radius 2 is 1.86 bits per heavy atom. The summed E-state index contributed by atoms with van der Waals surface area (Å²) in [6.07, 6.45) is 3.12. The van der Waals surface area contributed by atoms with Crippen LogP contribution in [0.5, 0.6) is 0 Å². The zero-order chi connectivity index (χ0) is 14.9. The summed E-state index contributed by atoms with van der Waals surface area (Å²) in [5.74, 6) is 0. The monoisotopic (exact) mass is 300 g/mol. The molecule has 0 aliphatic carbocycles. The number of rotatable bonds is 4. The van der Waals surface area contributed by atoms with E-state index in [1.165, 1.54) is 6.26 Å². The second-order valence-electron chi connectivity index (χ2n) is 4.98. The summed E-state index contributed by atoms with van der Waals surface area (Å²) in [4.78, 5) is 3.50. The van der Waals surface area contributed by atoms with Gasteiger partial charge in [-0.15, -0.1) is 0 Å². The van der Waals surface area contributed by atoms with Crippen LogP contribution in [0.1, 0.15) is 5.56 Å². The molecule has 5 heteroatoms. The normalized spacial score (nSPS) is 11.7. The molecule has 0 fully saturated rings. The molecule has 0 spiro atoms. The van der Waals surface area contributed by atoms with Gasteiger partial charge in [0.15, 0.2) is 9.84 Å². The lowest BCUT2D eigenvalue weighted by molar-refractivity contribution is 0.602. The fourth-order valence-corrected chi connectivity index (χ4v) is 3.30.